The largest absolute Gasteiger partial charge is 0.472 e. The molecule has 0 aliphatic rings. The van der Waals surface area contributed by atoms with Gasteiger partial charge in [0.05, 0.1) is 28.4 Å². The van der Waals surface area contributed by atoms with E-state index in [0.717, 1.165) is 35.2 Å². The van der Waals surface area contributed by atoms with Crippen molar-refractivity contribution in [1.82, 2.24) is 15.1 Å². The van der Waals surface area contributed by atoms with Crippen LogP contribution in [0.25, 0.3) is 0 Å². The van der Waals surface area contributed by atoms with Crippen LogP contribution in [0, 0.1) is 0 Å². The van der Waals surface area contributed by atoms with Crippen molar-refractivity contribution in [3.05, 3.63) is 40.0 Å². The molecule has 0 saturated carbocycles. The van der Waals surface area contributed by atoms with Gasteiger partial charge in [-0.1, -0.05) is 6.92 Å². The Hall–Kier alpha value is -1.07. The van der Waals surface area contributed by atoms with Crippen LogP contribution in [-0.4, -0.2) is 9.78 Å². The molecular weight excluding hydrogens is 282 g/mol. The molecule has 0 aliphatic heterocycles. The topological polar surface area (TPSA) is 43.0 Å². The second-order valence-corrected chi connectivity index (χ2v) is 4.71. The molecule has 0 spiro atoms. The van der Waals surface area contributed by atoms with Crippen LogP contribution < -0.4 is 5.32 Å². The second kappa shape index (κ2) is 5.51. The zero-order valence-corrected chi connectivity index (χ0v) is 11.6. The number of hydrogen-bond acceptors (Lipinski definition) is 3. The first-order chi connectivity index (χ1) is 8.22. The molecule has 0 aromatic carbocycles. The summed E-state index contributed by atoms with van der Waals surface area (Å²) in [5, 5.41) is 7.83. The van der Waals surface area contributed by atoms with Gasteiger partial charge in [-0.15, -0.1) is 0 Å². The second-order valence-electron chi connectivity index (χ2n) is 3.92. The Bertz CT molecular complexity index is 476. The van der Waals surface area contributed by atoms with Crippen molar-refractivity contribution >= 4 is 15.9 Å². The molecule has 0 unspecified atom stereocenters. The molecule has 0 radical (unpaired) electrons. The molecular formula is C12H16BrN3O. The maximum absolute atomic E-state index is 5.02. The highest BCUT2D eigenvalue weighted by Crippen LogP contribution is 2.21. The molecule has 2 heterocycles. The number of nitrogens with one attached hydrogen (secondary N) is 1. The van der Waals surface area contributed by atoms with E-state index in [1.807, 2.05) is 17.8 Å². The van der Waals surface area contributed by atoms with Crippen LogP contribution in [0.2, 0.25) is 0 Å². The zero-order valence-electron chi connectivity index (χ0n) is 10.0. The number of nitrogens with zero attached hydrogens (tertiary/aromatic N) is 2. The standard InChI is InChI=1S/C12H16BrN3O/c1-3-10-12(13)11(16(2)15-10)7-14-6-9-4-5-17-8-9/h4-5,8,14H,3,6-7H2,1-2H3. The summed E-state index contributed by atoms with van der Waals surface area (Å²) in [5.41, 5.74) is 3.43. The van der Waals surface area contributed by atoms with Crippen LogP contribution in [0.1, 0.15) is 23.9 Å². The molecule has 2 aromatic heterocycles. The Labute approximate surface area is 109 Å². The molecule has 0 saturated heterocycles. The number of hydrogen-bond donors (Lipinski definition) is 1. The first kappa shape index (κ1) is 12.4. The summed E-state index contributed by atoms with van der Waals surface area (Å²) < 4.78 is 8.05. The van der Waals surface area contributed by atoms with Crippen LogP contribution in [0.15, 0.2) is 27.5 Å². The summed E-state index contributed by atoms with van der Waals surface area (Å²) in [7, 11) is 1.97. The smallest absolute Gasteiger partial charge is 0.0947 e. The molecule has 2 aromatic rings. The van der Waals surface area contributed by atoms with E-state index in [2.05, 4.69) is 33.3 Å². The number of halogens is 1. The van der Waals surface area contributed by atoms with Crippen molar-refractivity contribution < 1.29 is 4.42 Å². The van der Waals surface area contributed by atoms with Gasteiger partial charge in [0, 0.05) is 25.7 Å². The summed E-state index contributed by atoms with van der Waals surface area (Å²) in [4.78, 5) is 0. The average Bonchev–Trinajstić information content (AvgIpc) is 2.91. The zero-order chi connectivity index (χ0) is 12.3. The van der Waals surface area contributed by atoms with Gasteiger partial charge in [-0.25, -0.2) is 0 Å². The minimum absolute atomic E-state index is 0.787. The molecule has 0 aliphatic carbocycles. The predicted octanol–water partition coefficient (Wildman–Crippen LogP) is 2.63. The van der Waals surface area contributed by atoms with Gasteiger partial charge < -0.3 is 9.73 Å². The third kappa shape index (κ3) is 2.79. The number of aryl methyl sites for hydroxylation is 2. The van der Waals surface area contributed by atoms with Gasteiger partial charge >= 0.3 is 0 Å². The highest BCUT2D eigenvalue weighted by atomic mass is 79.9. The third-order valence-electron chi connectivity index (χ3n) is 2.70. The van der Waals surface area contributed by atoms with E-state index in [-0.39, 0.29) is 0 Å². The monoisotopic (exact) mass is 297 g/mol. The Morgan fingerprint density at radius 1 is 1.47 bits per heavy atom. The molecule has 4 nitrogen and oxygen atoms in total. The van der Waals surface area contributed by atoms with Crippen molar-refractivity contribution in [2.75, 3.05) is 0 Å². The Kier molecular flexibility index (Phi) is 4.02. The minimum atomic E-state index is 0.787. The van der Waals surface area contributed by atoms with E-state index in [0.29, 0.717) is 0 Å². The SMILES string of the molecule is CCc1nn(C)c(CNCc2ccoc2)c1Br. The normalized spacial score (nSPS) is 11.0. The number of furan rings is 1. The molecule has 0 bridgehead atoms. The summed E-state index contributed by atoms with van der Waals surface area (Å²) >= 11 is 3.60. The fourth-order valence-electron chi connectivity index (χ4n) is 1.73. The molecule has 0 fully saturated rings. The van der Waals surface area contributed by atoms with E-state index in [1.54, 1.807) is 12.5 Å². The highest BCUT2D eigenvalue weighted by Gasteiger charge is 2.11. The first-order valence-electron chi connectivity index (χ1n) is 5.64. The van der Waals surface area contributed by atoms with E-state index in [1.165, 1.54) is 5.69 Å². The van der Waals surface area contributed by atoms with Crippen LogP contribution >= 0.6 is 15.9 Å². The van der Waals surface area contributed by atoms with Crippen molar-refractivity contribution in [3.8, 4) is 0 Å². The van der Waals surface area contributed by atoms with Gasteiger partial charge in [-0.05, 0) is 28.4 Å². The number of rotatable bonds is 5. The van der Waals surface area contributed by atoms with Crippen LogP contribution in [0.3, 0.4) is 0 Å². The van der Waals surface area contributed by atoms with Crippen LogP contribution in [0.4, 0.5) is 0 Å². The van der Waals surface area contributed by atoms with E-state index >= 15 is 0 Å². The van der Waals surface area contributed by atoms with E-state index in [4.69, 9.17) is 4.42 Å². The van der Waals surface area contributed by atoms with Crippen molar-refractivity contribution in [2.24, 2.45) is 7.05 Å². The van der Waals surface area contributed by atoms with Crippen LogP contribution in [0.5, 0.6) is 0 Å². The quantitative estimate of drug-likeness (QED) is 0.922. The van der Waals surface area contributed by atoms with Gasteiger partial charge in [0.1, 0.15) is 0 Å². The molecule has 0 amide bonds. The van der Waals surface area contributed by atoms with Gasteiger partial charge in [-0.3, -0.25) is 4.68 Å². The van der Waals surface area contributed by atoms with Crippen LogP contribution in [-0.2, 0) is 26.6 Å². The van der Waals surface area contributed by atoms with Gasteiger partial charge in [0.25, 0.3) is 0 Å². The van der Waals surface area contributed by atoms with Gasteiger partial charge in [-0.2, -0.15) is 5.10 Å². The summed E-state index contributed by atoms with van der Waals surface area (Å²) in [5.74, 6) is 0. The lowest BCUT2D eigenvalue weighted by Crippen LogP contribution is -2.15. The van der Waals surface area contributed by atoms with Gasteiger partial charge in [0.2, 0.25) is 0 Å². The number of aromatic nitrogens is 2. The Balaban J connectivity index is 1.97. The maximum Gasteiger partial charge on any atom is 0.0947 e. The van der Waals surface area contributed by atoms with Crippen molar-refractivity contribution in [3.63, 3.8) is 0 Å². The lowest BCUT2D eigenvalue weighted by atomic mass is 10.3. The molecule has 17 heavy (non-hydrogen) atoms. The molecule has 2 rings (SSSR count). The lowest BCUT2D eigenvalue weighted by Gasteiger charge is -2.04. The average molecular weight is 298 g/mol. The van der Waals surface area contributed by atoms with Crippen molar-refractivity contribution in [1.29, 1.82) is 0 Å². The summed E-state index contributed by atoms with van der Waals surface area (Å²) in [6.45, 7) is 3.70. The molecule has 92 valence electrons. The third-order valence-corrected chi connectivity index (χ3v) is 3.62. The van der Waals surface area contributed by atoms with Gasteiger partial charge in [0.15, 0.2) is 0 Å². The fraction of sp³-hybridized carbons (Fsp3) is 0.417. The lowest BCUT2D eigenvalue weighted by molar-refractivity contribution is 0.558. The summed E-state index contributed by atoms with van der Waals surface area (Å²) in [6, 6.07) is 1.96. The predicted molar refractivity (Wildman–Crippen MR) is 69.5 cm³/mol. The summed E-state index contributed by atoms with van der Waals surface area (Å²) in [6.07, 6.45) is 4.38. The van der Waals surface area contributed by atoms with E-state index in [9.17, 15) is 0 Å². The molecule has 5 heteroatoms. The minimum Gasteiger partial charge on any atom is -0.472 e. The maximum atomic E-state index is 5.02. The fourth-order valence-corrected chi connectivity index (χ4v) is 2.49. The van der Waals surface area contributed by atoms with Crippen molar-refractivity contribution in [2.45, 2.75) is 26.4 Å². The Morgan fingerprint density at radius 2 is 2.29 bits per heavy atom. The first-order valence-corrected chi connectivity index (χ1v) is 6.43. The highest BCUT2D eigenvalue weighted by molar-refractivity contribution is 9.10. The molecule has 1 N–H and O–H groups in total. The van der Waals surface area contributed by atoms with E-state index < -0.39 is 0 Å². The molecule has 0 atom stereocenters. The Morgan fingerprint density at radius 3 is 2.88 bits per heavy atom.